The van der Waals surface area contributed by atoms with E-state index in [1.54, 1.807) is 0 Å². The molecule has 0 aliphatic carbocycles. The summed E-state index contributed by atoms with van der Waals surface area (Å²) in [5.74, 6) is 1.71. The first-order chi connectivity index (χ1) is 28.2. The number of furan rings is 2. The molecule has 266 valence electrons. The van der Waals surface area contributed by atoms with Gasteiger partial charge in [-0.1, -0.05) is 127 Å². The van der Waals surface area contributed by atoms with Crippen LogP contribution in [-0.2, 0) is 0 Å². The number of rotatable bonds is 5. The zero-order valence-electron chi connectivity index (χ0n) is 30.4. The smallest absolute Gasteiger partial charge is 0.164 e. The van der Waals surface area contributed by atoms with E-state index in [9.17, 15) is 0 Å². The molecule has 4 heterocycles. The number of fused-ring (bicyclic) bond motifs is 10. The van der Waals surface area contributed by atoms with Crippen LogP contribution in [0.3, 0.4) is 0 Å². The van der Waals surface area contributed by atoms with Gasteiger partial charge >= 0.3 is 0 Å². The zero-order valence-corrected chi connectivity index (χ0v) is 30.4. The molecule has 0 N–H and O–H groups in total. The van der Waals surface area contributed by atoms with Gasteiger partial charge in [0.2, 0.25) is 0 Å². The first-order valence-electron chi connectivity index (χ1n) is 19.0. The molecule has 0 radical (unpaired) electrons. The van der Waals surface area contributed by atoms with Crippen molar-refractivity contribution in [2.45, 2.75) is 0 Å². The minimum absolute atomic E-state index is 0.556. The number of hydrogen-bond donors (Lipinski definition) is 0. The third-order valence-electron chi connectivity index (χ3n) is 11.1. The van der Waals surface area contributed by atoms with Crippen LogP contribution in [0.4, 0.5) is 0 Å². The van der Waals surface area contributed by atoms with E-state index in [1.165, 1.54) is 0 Å². The molecule has 6 heteroatoms. The fourth-order valence-corrected chi connectivity index (χ4v) is 8.44. The predicted octanol–water partition coefficient (Wildman–Crippen LogP) is 13.4. The Kier molecular flexibility index (Phi) is 6.83. The fraction of sp³-hybridized carbons (Fsp3) is 0. The summed E-state index contributed by atoms with van der Waals surface area (Å²) in [6.07, 6.45) is 0. The topological polar surface area (TPSA) is 69.9 Å². The van der Waals surface area contributed by atoms with E-state index < -0.39 is 0 Å². The second-order valence-corrected chi connectivity index (χ2v) is 14.4. The molecule has 0 saturated heterocycles. The Morgan fingerprint density at radius 1 is 0.351 bits per heavy atom. The molecule has 0 amide bonds. The van der Waals surface area contributed by atoms with Crippen molar-refractivity contribution in [3.05, 3.63) is 182 Å². The van der Waals surface area contributed by atoms with Crippen LogP contribution in [0.5, 0.6) is 0 Å². The summed E-state index contributed by atoms with van der Waals surface area (Å²) >= 11 is 0. The summed E-state index contributed by atoms with van der Waals surface area (Å²) in [7, 11) is 0. The van der Waals surface area contributed by atoms with Gasteiger partial charge in [-0.25, -0.2) is 15.0 Å². The Bertz CT molecular complexity index is 3510. The summed E-state index contributed by atoms with van der Waals surface area (Å²) in [6.45, 7) is 0. The summed E-state index contributed by atoms with van der Waals surface area (Å²) in [4.78, 5) is 15.4. The molecule has 12 rings (SSSR count). The lowest BCUT2D eigenvalue weighted by Gasteiger charge is -2.10. The summed E-state index contributed by atoms with van der Waals surface area (Å²) in [5, 5.41) is 6.33. The lowest BCUT2D eigenvalue weighted by atomic mass is 10.0. The maximum atomic E-state index is 6.87. The first-order valence-corrected chi connectivity index (χ1v) is 19.0. The predicted molar refractivity (Wildman–Crippen MR) is 230 cm³/mol. The van der Waals surface area contributed by atoms with E-state index in [0.717, 1.165) is 99.2 Å². The van der Waals surface area contributed by atoms with E-state index in [4.69, 9.17) is 23.8 Å². The average molecular weight is 731 g/mol. The Morgan fingerprint density at radius 2 is 0.982 bits per heavy atom. The minimum atomic E-state index is 0.556. The van der Waals surface area contributed by atoms with Crippen molar-refractivity contribution < 1.29 is 8.83 Å². The molecule has 0 aliphatic heterocycles. The molecule has 0 spiro atoms. The van der Waals surface area contributed by atoms with Crippen LogP contribution in [-0.4, -0.2) is 19.5 Å². The first kappa shape index (κ1) is 31.5. The van der Waals surface area contributed by atoms with Crippen molar-refractivity contribution in [3.8, 4) is 51.0 Å². The SMILES string of the molecule is c1ccc(-c2ccc(-c3nc(-c4ccc5c(c4)oc4c5ccc5c4c4ccccc4n5-c4ccccc4)nc(-c4cccc5oc6ccccc6c45)n3)cc2)cc1. The molecule has 0 saturated carbocycles. The minimum Gasteiger partial charge on any atom is -0.456 e. The zero-order chi connectivity index (χ0) is 37.5. The van der Waals surface area contributed by atoms with Gasteiger partial charge in [0.15, 0.2) is 17.5 Å². The molecule has 0 aliphatic rings. The van der Waals surface area contributed by atoms with E-state index in [-0.39, 0.29) is 0 Å². The van der Waals surface area contributed by atoms with Gasteiger partial charge in [0.1, 0.15) is 22.3 Å². The van der Waals surface area contributed by atoms with Crippen molar-refractivity contribution >= 4 is 65.7 Å². The Labute approximate surface area is 325 Å². The van der Waals surface area contributed by atoms with Gasteiger partial charge in [0.25, 0.3) is 0 Å². The Hall–Kier alpha value is -7.83. The second kappa shape index (κ2) is 12.3. The molecule has 6 nitrogen and oxygen atoms in total. The van der Waals surface area contributed by atoms with Crippen LogP contribution in [0, 0.1) is 0 Å². The normalized spacial score (nSPS) is 11.9. The molecule has 57 heavy (non-hydrogen) atoms. The van der Waals surface area contributed by atoms with Gasteiger partial charge in [-0.05, 0) is 65.7 Å². The summed E-state index contributed by atoms with van der Waals surface area (Å²) in [5.41, 5.74) is 11.5. The number of para-hydroxylation sites is 3. The number of nitrogens with zero attached hydrogens (tertiary/aromatic N) is 4. The lowest BCUT2D eigenvalue weighted by Crippen LogP contribution is -2.00. The number of benzene rings is 8. The van der Waals surface area contributed by atoms with Gasteiger partial charge in [0.05, 0.1) is 16.4 Å². The summed E-state index contributed by atoms with van der Waals surface area (Å²) < 4.78 is 15.5. The largest absolute Gasteiger partial charge is 0.456 e. The maximum Gasteiger partial charge on any atom is 0.164 e. The van der Waals surface area contributed by atoms with Crippen molar-refractivity contribution in [2.24, 2.45) is 0 Å². The van der Waals surface area contributed by atoms with Crippen molar-refractivity contribution in [2.75, 3.05) is 0 Å². The van der Waals surface area contributed by atoms with Crippen LogP contribution in [0.1, 0.15) is 0 Å². The number of hydrogen-bond acceptors (Lipinski definition) is 5. The van der Waals surface area contributed by atoms with Crippen LogP contribution < -0.4 is 0 Å². The molecule has 0 fully saturated rings. The van der Waals surface area contributed by atoms with E-state index in [2.05, 4.69) is 144 Å². The van der Waals surface area contributed by atoms with Gasteiger partial charge < -0.3 is 13.4 Å². The molecule has 8 aromatic carbocycles. The fourth-order valence-electron chi connectivity index (χ4n) is 8.44. The van der Waals surface area contributed by atoms with E-state index in [0.29, 0.717) is 17.5 Å². The third-order valence-corrected chi connectivity index (χ3v) is 11.1. The van der Waals surface area contributed by atoms with Gasteiger partial charge in [-0.3, -0.25) is 0 Å². The maximum absolute atomic E-state index is 6.87. The number of aromatic nitrogens is 4. The molecule has 4 aromatic heterocycles. The highest BCUT2D eigenvalue weighted by Crippen LogP contribution is 2.42. The van der Waals surface area contributed by atoms with E-state index in [1.807, 2.05) is 42.5 Å². The molecular weight excluding hydrogens is 701 g/mol. The monoisotopic (exact) mass is 730 g/mol. The Morgan fingerprint density at radius 3 is 1.82 bits per heavy atom. The lowest BCUT2D eigenvalue weighted by molar-refractivity contribution is 0.669. The molecule has 0 atom stereocenters. The molecular formula is C51H30N4O2. The van der Waals surface area contributed by atoms with Crippen molar-refractivity contribution in [3.63, 3.8) is 0 Å². The highest BCUT2D eigenvalue weighted by molar-refractivity contribution is 6.24. The highest BCUT2D eigenvalue weighted by atomic mass is 16.3. The average Bonchev–Trinajstić information content (AvgIpc) is 3.96. The van der Waals surface area contributed by atoms with E-state index >= 15 is 0 Å². The van der Waals surface area contributed by atoms with Crippen LogP contribution in [0.15, 0.2) is 191 Å². The molecule has 0 unspecified atom stereocenters. The second-order valence-electron chi connectivity index (χ2n) is 14.4. The highest BCUT2D eigenvalue weighted by Gasteiger charge is 2.21. The Balaban J connectivity index is 1.06. The van der Waals surface area contributed by atoms with Crippen LogP contribution >= 0.6 is 0 Å². The molecule has 12 aromatic rings. The van der Waals surface area contributed by atoms with Gasteiger partial charge in [0, 0.05) is 49.3 Å². The quantitative estimate of drug-likeness (QED) is 0.176. The standard InChI is InChI=1S/C51H30N4O2/c1-3-12-31(13-4-1)32-22-24-33(25-23-32)49-52-50(54-51(53-49)40-18-11-21-44-46(40)39-17-8-10-20-43(39)56-44)34-26-27-36-37-28-29-42-47(48(37)57-45(36)30-34)38-16-7-9-19-41(38)55(42)35-14-5-2-6-15-35/h1-30H. The molecule has 0 bridgehead atoms. The van der Waals surface area contributed by atoms with Crippen LogP contribution in [0.25, 0.3) is 117 Å². The van der Waals surface area contributed by atoms with Crippen LogP contribution in [0.2, 0.25) is 0 Å². The van der Waals surface area contributed by atoms with Crippen molar-refractivity contribution in [1.29, 1.82) is 0 Å². The van der Waals surface area contributed by atoms with Gasteiger partial charge in [-0.15, -0.1) is 0 Å². The summed E-state index contributed by atoms with van der Waals surface area (Å²) in [6, 6.07) is 62.6. The van der Waals surface area contributed by atoms with Crippen molar-refractivity contribution in [1.82, 2.24) is 19.5 Å². The third kappa shape index (κ3) is 4.94. The van der Waals surface area contributed by atoms with Gasteiger partial charge in [-0.2, -0.15) is 0 Å².